The normalized spacial score (nSPS) is 16.7. The van der Waals surface area contributed by atoms with Crippen molar-refractivity contribution in [1.82, 2.24) is 25.1 Å². The van der Waals surface area contributed by atoms with Gasteiger partial charge < -0.3 is 10.1 Å². The number of carbonyl (C=O) groups is 2. The zero-order valence-corrected chi connectivity index (χ0v) is 12.2. The SMILES string of the molecule is CCOc1ccc2nnc(CNC(=O)C3C=CC(=O)N=N3)n2n1. The summed E-state index contributed by atoms with van der Waals surface area (Å²) in [4.78, 5) is 22.9. The highest BCUT2D eigenvalue weighted by Crippen LogP contribution is 2.09. The number of hydrogen-bond donors (Lipinski definition) is 1. The number of nitrogens with one attached hydrogen (secondary N) is 1. The number of ether oxygens (including phenoxy) is 1. The van der Waals surface area contributed by atoms with E-state index in [4.69, 9.17) is 4.74 Å². The van der Waals surface area contributed by atoms with Crippen LogP contribution in [0, 0.1) is 0 Å². The van der Waals surface area contributed by atoms with Crippen molar-refractivity contribution in [3.63, 3.8) is 0 Å². The van der Waals surface area contributed by atoms with E-state index in [1.54, 1.807) is 12.1 Å². The van der Waals surface area contributed by atoms with E-state index in [1.807, 2.05) is 6.92 Å². The quantitative estimate of drug-likeness (QED) is 0.832. The molecule has 3 rings (SSSR count). The van der Waals surface area contributed by atoms with Crippen LogP contribution in [0.4, 0.5) is 0 Å². The summed E-state index contributed by atoms with van der Waals surface area (Å²) < 4.78 is 6.82. The number of hydrogen-bond acceptors (Lipinski definition) is 7. The lowest BCUT2D eigenvalue weighted by atomic mass is 10.2. The number of azo groups is 1. The summed E-state index contributed by atoms with van der Waals surface area (Å²) in [6, 6.07) is 2.60. The number of carbonyl (C=O) groups excluding carboxylic acids is 2. The monoisotopic (exact) mass is 315 g/mol. The molecule has 10 heteroatoms. The number of amides is 2. The second kappa shape index (κ2) is 6.30. The molecule has 1 N–H and O–H groups in total. The molecule has 0 saturated carbocycles. The molecule has 1 atom stereocenters. The molecule has 1 aliphatic rings. The lowest BCUT2D eigenvalue weighted by molar-refractivity contribution is -0.121. The van der Waals surface area contributed by atoms with Crippen molar-refractivity contribution in [3.8, 4) is 5.88 Å². The van der Waals surface area contributed by atoms with Crippen LogP contribution >= 0.6 is 0 Å². The second-order valence-corrected chi connectivity index (χ2v) is 4.57. The molecule has 0 aromatic carbocycles. The van der Waals surface area contributed by atoms with Crippen molar-refractivity contribution in [1.29, 1.82) is 0 Å². The Bertz CT molecular complexity index is 795. The maximum absolute atomic E-state index is 12.0. The van der Waals surface area contributed by atoms with Gasteiger partial charge in [0, 0.05) is 12.1 Å². The van der Waals surface area contributed by atoms with E-state index >= 15 is 0 Å². The standard InChI is InChI=1S/C13H13N7O3/c1-2-23-12-6-4-9-16-17-10(20(9)19-12)7-14-13(22)8-3-5-11(21)18-15-8/h3-6,8H,2,7H2,1H3,(H,14,22). The molecule has 3 heterocycles. The predicted octanol–water partition coefficient (Wildman–Crippen LogP) is 0.0564. The molecule has 1 aliphatic heterocycles. The molecule has 0 spiro atoms. The first-order valence-electron chi connectivity index (χ1n) is 6.92. The van der Waals surface area contributed by atoms with E-state index in [0.29, 0.717) is 24.0 Å². The van der Waals surface area contributed by atoms with Crippen LogP contribution in [-0.2, 0) is 16.1 Å². The van der Waals surface area contributed by atoms with Gasteiger partial charge in [0.2, 0.25) is 5.88 Å². The Balaban J connectivity index is 1.70. The second-order valence-electron chi connectivity index (χ2n) is 4.57. The fraction of sp³-hybridized carbons (Fsp3) is 0.308. The zero-order chi connectivity index (χ0) is 16.2. The van der Waals surface area contributed by atoms with Gasteiger partial charge in [-0.25, -0.2) is 0 Å². The lowest BCUT2D eigenvalue weighted by Crippen LogP contribution is -2.33. The van der Waals surface area contributed by atoms with Gasteiger partial charge in [-0.1, -0.05) is 0 Å². The summed E-state index contributed by atoms with van der Waals surface area (Å²) in [6.45, 7) is 2.46. The average molecular weight is 315 g/mol. The minimum atomic E-state index is -0.821. The van der Waals surface area contributed by atoms with Crippen LogP contribution in [0.5, 0.6) is 5.88 Å². The van der Waals surface area contributed by atoms with Crippen LogP contribution in [-0.4, -0.2) is 44.3 Å². The van der Waals surface area contributed by atoms with Crippen LogP contribution in [0.2, 0.25) is 0 Å². The van der Waals surface area contributed by atoms with Crippen molar-refractivity contribution < 1.29 is 14.3 Å². The highest BCUT2D eigenvalue weighted by molar-refractivity contribution is 5.92. The van der Waals surface area contributed by atoms with E-state index < -0.39 is 17.9 Å². The highest BCUT2D eigenvalue weighted by atomic mass is 16.5. The van der Waals surface area contributed by atoms with Crippen molar-refractivity contribution in [3.05, 3.63) is 30.1 Å². The third kappa shape index (κ3) is 3.20. The molecule has 118 valence electrons. The molecule has 2 aromatic heterocycles. The highest BCUT2D eigenvalue weighted by Gasteiger charge is 2.19. The van der Waals surface area contributed by atoms with E-state index in [2.05, 4.69) is 30.8 Å². The Morgan fingerprint density at radius 1 is 1.39 bits per heavy atom. The Kier molecular flexibility index (Phi) is 4.04. The van der Waals surface area contributed by atoms with Crippen molar-refractivity contribution >= 4 is 17.5 Å². The molecular weight excluding hydrogens is 302 g/mol. The molecule has 0 fully saturated rings. The first-order chi connectivity index (χ1) is 11.2. The summed E-state index contributed by atoms with van der Waals surface area (Å²) in [7, 11) is 0. The molecule has 0 bridgehead atoms. The summed E-state index contributed by atoms with van der Waals surface area (Å²) in [5.74, 6) is 0.0120. The third-order valence-electron chi connectivity index (χ3n) is 2.99. The summed E-state index contributed by atoms with van der Waals surface area (Å²) >= 11 is 0. The number of rotatable bonds is 5. The molecule has 0 aliphatic carbocycles. The van der Waals surface area contributed by atoms with E-state index in [9.17, 15) is 9.59 Å². The first-order valence-corrected chi connectivity index (χ1v) is 6.92. The Labute approximate surface area is 130 Å². The topological polar surface area (TPSA) is 123 Å². The van der Waals surface area contributed by atoms with Crippen molar-refractivity contribution in [2.75, 3.05) is 6.61 Å². The van der Waals surface area contributed by atoms with Crippen molar-refractivity contribution in [2.24, 2.45) is 10.2 Å². The summed E-state index contributed by atoms with van der Waals surface area (Å²) in [6.07, 6.45) is 2.59. The van der Waals surface area contributed by atoms with Gasteiger partial charge >= 0.3 is 0 Å². The minimum Gasteiger partial charge on any atom is -0.477 e. The van der Waals surface area contributed by atoms with Gasteiger partial charge in [-0.05, 0) is 19.1 Å². The summed E-state index contributed by atoms with van der Waals surface area (Å²) in [5, 5.41) is 21.8. The predicted molar refractivity (Wildman–Crippen MR) is 76.6 cm³/mol. The smallest absolute Gasteiger partial charge is 0.287 e. The fourth-order valence-corrected chi connectivity index (χ4v) is 1.93. The Morgan fingerprint density at radius 2 is 2.26 bits per heavy atom. The van der Waals surface area contributed by atoms with Crippen LogP contribution in [0.1, 0.15) is 12.7 Å². The average Bonchev–Trinajstić information content (AvgIpc) is 2.96. The molecule has 2 amide bonds. The fourth-order valence-electron chi connectivity index (χ4n) is 1.93. The maximum Gasteiger partial charge on any atom is 0.287 e. The number of fused-ring (bicyclic) bond motifs is 1. The van der Waals surface area contributed by atoms with Crippen LogP contribution in [0.15, 0.2) is 34.5 Å². The van der Waals surface area contributed by atoms with Gasteiger partial charge in [-0.2, -0.15) is 9.63 Å². The third-order valence-corrected chi connectivity index (χ3v) is 2.99. The van der Waals surface area contributed by atoms with Gasteiger partial charge in [0.05, 0.1) is 13.2 Å². The molecule has 1 unspecified atom stereocenters. The summed E-state index contributed by atoms with van der Waals surface area (Å²) in [5.41, 5.74) is 0.542. The van der Waals surface area contributed by atoms with Gasteiger partial charge in [-0.15, -0.1) is 20.4 Å². The molecule has 23 heavy (non-hydrogen) atoms. The van der Waals surface area contributed by atoms with E-state index in [1.165, 1.54) is 16.7 Å². The van der Waals surface area contributed by atoms with E-state index in [0.717, 1.165) is 0 Å². The van der Waals surface area contributed by atoms with Gasteiger partial charge in [0.25, 0.3) is 11.8 Å². The van der Waals surface area contributed by atoms with Gasteiger partial charge in [-0.3, -0.25) is 9.59 Å². The van der Waals surface area contributed by atoms with Crippen LogP contribution < -0.4 is 10.1 Å². The molecule has 0 radical (unpaired) electrons. The van der Waals surface area contributed by atoms with E-state index in [-0.39, 0.29) is 6.54 Å². The zero-order valence-electron chi connectivity index (χ0n) is 12.2. The molecule has 0 saturated heterocycles. The van der Waals surface area contributed by atoms with Gasteiger partial charge in [0.1, 0.15) is 0 Å². The van der Waals surface area contributed by atoms with Gasteiger partial charge in [0.15, 0.2) is 17.5 Å². The lowest BCUT2D eigenvalue weighted by Gasteiger charge is -2.09. The van der Waals surface area contributed by atoms with Crippen LogP contribution in [0.25, 0.3) is 5.65 Å². The maximum atomic E-state index is 12.0. The first kappa shape index (κ1) is 14.8. The molecule has 10 nitrogen and oxygen atoms in total. The number of nitrogens with zero attached hydrogens (tertiary/aromatic N) is 6. The minimum absolute atomic E-state index is 0.108. The Morgan fingerprint density at radius 3 is 3.00 bits per heavy atom. The molecular formula is C13H13N7O3. The Hall–Kier alpha value is -3.17. The number of aromatic nitrogens is 4. The van der Waals surface area contributed by atoms with Crippen molar-refractivity contribution in [2.45, 2.75) is 19.5 Å². The molecule has 2 aromatic rings. The van der Waals surface area contributed by atoms with Crippen LogP contribution in [0.3, 0.4) is 0 Å². The largest absolute Gasteiger partial charge is 0.477 e.